The Bertz CT molecular complexity index is 163. The van der Waals surface area contributed by atoms with E-state index in [0.717, 1.165) is 6.54 Å². The van der Waals surface area contributed by atoms with Crippen LogP contribution in [0.3, 0.4) is 0 Å². The van der Waals surface area contributed by atoms with Gasteiger partial charge in [-0.25, -0.2) is 0 Å². The van der Waals surface area contributed by atoms with Gasteiger partial charge in [0.25, 0.3) is 0 Å². The van der Waals surface area contributed by atoms with Crippen molar-refractivity contribution in [1.29, 1.82) is 0 Å². The summed E-state index contributed by atoms with van der Waals surface area (Å²) in [5.74, 6) is 0. The van der Waals surface area contributed by atoms with Gasteiger partial charge >= 0.3 is 0 Å². The van der Waals surface area contributed by atoms with Gasteiger partial charge in [-0.2, -0.15) is 0 Å². The Labute approximate surface area is 92.9 Å². The molecule has 4 nitrogen and oxygen atoms in total. The highest BCUT2D eigenvalue weighted by Gasteiger charge is 2.15. The molecule has 1 atom stereocenters. The molecular weight excluding hydrogens is 192 g/mol. The standard InChI is InChI=1S/C11H24N2O2/c1-13-7-4-5-10(6-8-13)12-9-11(14-2)15-3/h10-12H,4-9H2,1-3H3. The first-order chi connectivity index (χ1) is 7.26. The van der Waals surface area contributed by atoms with Crippen LogP contribution >= 0.6 is 0 Å². The molecule has 1 aliphatic heterocycles. The number of methoxy groups -OCH3 is 2. The lowest BCUT2D eigenvalue weighted by Gasteiger charge is -2.20. The Balaban J connectivity index is 2.19. The molecule has 90 valence electrons. The summed E-state index contributed by atoms with van der Waals surface area (Å²) in [5.41, 5.74) is 0. The number of nitrogens with zero attached hydrogens (tertiary/aromatic N) is 1. The zero-order valence-corrected chi connectivity index (χ0v) is 10.2. The molecule has 0 radical (unpaired) electrons. The van der Waals surface area contributed by atoms with Crippen LogP contribution in [-0.4, -0.2) is 58.1 Å². The molecule has 1 fully saturated rings. The van der Waals surface area contributed by atoms with Crippen LogP contribution < -0.4 is 5.32 Å². The predicted octanol–water partition coefficient (Wildman–Crippen LogP) is 0.679. The third-order valence-corrected chi connectivity index (χ3v) is 3.05. The van der Waals surface area contributed by atoms with Crippen molar-refractivity contribution in [2.75, 3.05) is 40.9 Å². The van der Waals surface area contributed by atoms with Gasteiger partial charge in [-0.1, -0.05) is 0 Å². The molecule has 1 N–H and O–H groups in total. The zero-order chi connectivity index (χ0) is 11.1. The van der Waals surface area contributed by atoms with Crippen molar-refractivity contribution in [2.24, 2.45) is 0 Å². The lowest BCUT2D eigenvalue weighted by molar-refractivity contribution is -0.1000. The maximum Gasteiger partial charge on any atom is 0.169 e. The van der Waals surface area contributed by atoms with E-state index < -0.39 is 0 Å². The van der Waals surface area contributed by atoms with Gasteiger partial charge in [-0.15, -0.1) is 0 Å². The Kier molecular flexibility index (Phi) is 6.17. The summed E-state index contributed by atoms with van der Waals surface area (Å²) in [6, 6.07) is 0.614. The van der Waals surface area contributed by atoms with Crippen molar-refractivity contribution in [3.63, 3.8) is 0 Å². The molecule has 0 amide bonds. The summed E-state index contributed by atoms with van der Waals surface area (Å²) in [5, 5.41) is 3.51. The average molecular weight is 216 g/mol. The third kappa shape index (κ3) is 4.93. The SMILES string of the molecule is COC(CNC1CCCN(C)CC1)OC. The fourth-order valence-corrected chi connectivity index (χ4v) is 1.97. The molecule has 0 bridgehead atoms. The summed E-state index contributed by atoms with van der Waals surface area (Å²) in [7, 11) is 5.54. The molecular formula is C11H24N2O2. The molecule has 15 heavy (non-hydrogen) atoms. The van der Waals surface area contributed by atoms with Crippen molar-refractivity contribution >= 4 is 0 Å². The number of nitrogens with one attached hydrogen (secondary N) is 1. The molecule has 0 aromatic rings. The second-order valence-electron chi connectivity index (χ2n) is 4.24. The van der Waals surface area contributed by atoms with Crippen LogP contribution in [0.4, 0.5) is 0 Å². The highest BCUT2D eigenvalue weighted by Crippen LogP contribution is 2.09. The van der Waals surface area contributed by atoms with Crippen molar-refractivity contribution in [3.05, 3.63) is 0 Å². The van der Waals surface area contributed by atoms with E-state index in [1.54, 1.807) is 14.2 Å². The van der Waals surface area contributed by atoms with Gasteiger partial charge in [-0.3, -0.25) is 0 Å². The normalized spacial score (nSPS) is 24.4. The molecule has 4 heteroatoms. The van der Waals surface area contributed by atoms with E-state index in [9.17, 15) is 0 Å². The Morgan fingerprint density at radius 1 is 1.27 bits per heavy atom. The second kappa shape index (κ2) is 7.17. The number of hydrogen-bond acceptors (Lipinski definition) is 4. The zero-order valence-electron chi connectivity index (χ0n) is 10.2. The summed E-state index contributed by atoms with van der Waals surface area (Å²) in [6.07, 6.45) is 3.63. The van der Waals surface area contributed by atoms with E-state index in [1.165, 1.54) is 32.4 Å². The average Bonchev–Trinajstić information content (AvgIpc) is 2.45. The summed E-state index contributed by atoms with van der Waals surface area (Å²) >= 11 is 0. The molecule has 0 aromatic heterocycles. The van der Waals surface area contributed by atoms with E-state index in [2.05, 4.69) is 17.3 Å². The quantitative estimate of drug-likeness (QED) is 0.685. The Morgan fingerprint density at radius 3 is 2.67 bits per heavy atom. The third-order valence-electron chi connectivity index (χ3n) is 3.05. The first kappa shape index (κ1) is 12.9. The lowest BCUT2D eigenvalue weighted by atomic mass is 10.1. The first-order valence-electron chi connectivity index (χ1n) is 5.73. The minimum atomic E-state index is -0.119. The molecule has 1 aliphatic rings. The van der Waals surface area contributed by atoms with Crippen LogP contribution in [0.15, 0.2) is 0 Å². The Morgan fingerprint density at radius 2 is 2.00 bits per heavy atom. The number of hydrogen-bond donors (Lipinski definition) is 1. The van der Waals surface area contributed by atoms with Gasteiger partial charge in [-0.05, 0) is 39.4 Å². The smallest absolute Gasteiger partial charge is 0.169 e. The van der Waals surface area contributed by atoms with E-state index in [0.29, 0.717) is 6.04 Å². The number of ether oxygens (including phenoxy) is 2. The van der Waals surface area contributed by atoms with Crippen molar-refractivity contribution in [3.8, 4) is 0 Å². The lowest BCUT2D eigenvalue weighted by Crippen LogP contribution is -2.37. The van der Waals surface area contributed by atoms with Gasteiger partial charge < -0.3 is 19.7 Å². The molecule has 0 spiro atoms. The van der Waals surface area contributed by atoms with Gasteiger partial charge in [0.15, 0.2) is 6.29 Å². The fourth-order valence-electron chi connectivity index (χ4n) is 1.97. The van der Waals surface area contributed by atoms with Crippen LogP contribution in [0.5, 0.6) is 0 Å². The van der Waals surface area contributed by atoms with Crippen molar-refractivity contribution in [2.45, 2.75) is 31.6 Å². The second-order valence-corrected chi connectivity index (χ2v) is 4.24. The Hall–Kier alpha value is -0.160. The van der Waals surface area contributed by atoms with E-state index in [-0.39, 0.29) is 6.29 Å². The number of rotatable bonds is 5. The minimum absolute atomic E-state index is 0.119. The summed E-state index contributed by atoms with van der Waals surface area (Å²) in [6.45, 7) is 3.18. The molecule has 0 saturated carbocycles. The van der Waals surface area contributed by atoms with Crippen LogP contribution in [0.25, 0.3) is 0 Å². The van der Waals surface area contributed by atoms with Gasteiger partial charge in [0, 0.05) is 26.8 Å². The maximum absolute atomic E-state index is 5.15. The summed E-state index contributed by atoms with van der Waals surface area (Å²) < 4.78 is 10.3. The van der Waals surface area contributed by atoms with Gasteiger partial charge in [0.1, 0.15) is 0 Å². The topological polar surface area (TPSA) is 33.7 Å². The molecule has 1 rings (SSSR count). The molecule has 1 saturated heterocycles. The van der Waals surface area contributed by atoms with Crippen LogP contribution in [0.2, 0.25) is 0 Å². The first-order valence-corrected chi connectivity index (χ1v) is 5.73. The van der Waals surface area contributed by atoms with Crippen molar-refractivity contribution in [1.82, 2.24) is 10.2 Å². The van der Waals surface area contributed by atoms with Gasteiger partial charge in [0.05, 0.1) is 0 Å². The highest BCUT2D eigenvalue weighted by molar-refractivity contribution is 4.73. The highest BCUT2D eigenvalue weighted by atomic mass is 16.7. The molecule has 1 heterocycles. The van der Waals surface area contributed by atoms with Crippen LogP contribution in [0, 0.1) is 0 Å². The van der Waals surface area contributed by atoms with E-state index in [4.69, 9.17) is 9.47 Å². The largest absolute Gasteiger partial charge is 0.355 e. The fraction of sp³-hybridized carbons (Fsp3) is 1.00. The molecule has 1 unspecified atom stereocenters. The minimum Gasteiger partial charge on any atom is -0.355 e. The van der Waals surface area contributed by atoms with Crippen LogP contribution in [0.1, 0.15) is 19.3 Å². The van der Waals surface area contributed by atoms with E-state index >= 15 is 0 Å². The number of likely N-dealkylation sites (tertiary alicyclic amines) is 1. The molecule has 0 aliphatic carbocycles. The van der Waals surface area contributed by atoms with Crippen LogP contribution in [-0.2, 0) is 9.47 Å². The summed E-state index contributed by atoms with van der Waals surface area (Å²) in [4.78, 5) is 2.39. The van der Waals surface area contributed by atoms with Crippen molar-refractivity contribution < 1.29 is 9.47 Å². The molecule has 0 aromatic carbocycles. The van der Waals surface area contributed by atoms with E-state index in [1.807, 2.05) is 0 Å². The maximum atomic E-state index is 5.15. The monoisotopic (exact) mass is 216 g/mol. The predicted molar refractivity (Wildman–Crippen MR) is 60.9 cm³/mol. The van der Waals surface area contributed by atoms with Gasteiger partial charge in [0.2, 0.25) is 0 Å².